The molecule has 0 spiro atoms. The van der Waals surface area contributed by atoms with Gasteiger partial charge in [0, 0.05) is 18.5 Å². The summed E-state index contributed by atoms with van der Waals surface area (Å²) in [6.45, 7) is 1.46. The molecule has 1 fully saturated rings. The van der Waals surface area contributed by atoms with Crippen molar-refractivity contribution < 1.29 is 18.7 Å². The number of ether oxygens (including phenoxy) is 2. The van der Waals surface area contributed by atoms with Crippen LogP contribution in [0.2, 0.25) is 0 Å². The molecule has 1 saturated heterocycles. The van der Waals surface area contributed by atoms with E-state index in [1.807, 2.05) is 48.5 Å². The number of furan rings is 1. The zero-order valence-corrected chi connectivity index (χ0v) is 19.6. The van der Waals surface area contributed by atoms with Gasteiger partial charge in [0.25, 0.3) is 5.56 Å². The van der Waals surface area contributed by atoms with Crippen LogP contribution in [0.3, 0.4) is 0 Å². The summed E-state index contributed by atoms with van der Waals surface area (Å²) in [5, 5.41) is 4.18. The molecule has 5 rings (SSSR count). The fourth-order valence-electron chi connectivity index (χ4n) is 4.08. The van der Waals surface area contributed by atoms with Crippen LogP contribution in [0.5, 0.6) is 5.75 Å². The van der Waals surface area contributed by atoms with E-state index in [-0.39, 0.29) is 28.9 Å². The summed E-state index contributed by atoms with van der Waals surface area (Å²) >= 11 is 1.24. The Labute approximate surface area is 200 Å². The monoisotopic (exact) mass is 479 g/mol. The minimum absolute atomic E-state index is 0.0532. The number of thioether (sulfide) groups is 1. The lowest BCUT2D eigenvalue weighted by Crippen LogP contribution is -2.29. The van der Waals surface area contributed by atoms with Crippen LogP contribution in [-0.4, -0.2) is 41.0 Å². The molecule has 34 heavy (non-hydrogen) atoms. The van der Waals surface area contributed by atoms with Crippen molar-refractivity contribution in [3.8, 4) is 5.75 Å². The van der Waals surface area contributed by atoms with Crippen LogP contribution in [0.15, 0.2) is 62.9 Å². The van der Waals surface area contributed by atoms with E-state index in [2.05, 4.69) is 5.32 Å². The summed E-state index contributed by atoms with van der Waals surface area (Å²) in [5.41, 5.74) is 2.05. The highest BCUT2D eigenvalue weighted by atomic mass is 32.2. The minimum atomic E-state index is -0.254. The van der Waals surface area contributed by atoms with Crippen molar-refractivity contribution in [2.45, 2.75) is 37.2 Å². The van der Waals surface area contributed by atoms with E-state index in [4.69, 9.17) is 18.9 Å². The largest absolute Gasteiger partial charge is 0.497 e. The van der Waals surface area contributed by atoms with Gasteiger partial charge in [0.2, 0.25) is 11.5 Å². The molecule has 1 N–H and O–H groups in total. The van der Waals surface area contributed by atoms with Gasteiger partial charge in [-0.15, -0.1) is 0 Å². The van der Waals surface area contributed by atoms with Crippen molar-refractivity contribution in [1.29, 1.82) is 0 Å². The molecular formula is C25H25N3O5S. The predicted molar refractivity (Wildman–Crippen MR) is 130 cm³/mol. The second-order valence-corrected chi connectivity index (χ2v) is 9.08. The Bertz CT molecular complexity index is 1390. The molecule has 8 nitrogen and oxygen atoms in total. The Hall–Kier alpha value is -3.30. The number of para-hydroxylation sites is 1. The number of hydrogen-bond acceptors (Lipinski definition) is 7. The molecule has 1 atom stereocenters. The zero-order chi connectivity index (χ0) is 23.5. The average Bonchev–Trinajstić information content (AvgIpc) is 3.51. The first-order valence-corrected chi connectivity index (χ1v) is 12.2. The van der Waals surface area contributed by atoms with Crippen LogP contribution < -0.4 is 15.6 Å². The van der Waals surface area contributed by atoms with Crippen molar-refractivity contribution >= 4 is 39.7 Å². The summed E-state index contributed by atoms with van der Waals surface area (Å²) in [5.74, 6) is 0.718. The maximum absolute atomic E-state index is 13.4. The lowest BCUT2D eigenvalue weighted by atomic mass is 10.2. The van der Waals surface area contributed by atoms with Crippen molar-refractivity contribution in [3.63, 3.8) is 0 Å². The Morgan fingerprint density at radius 3 is 2.97 bits per heavy atom. The smallest absolute Gasteiger partial charge is 0.297 e. The first-order chi connectivity index (χ1) is 16.6. The van der Waals surface area contributed by atoms with Crippen LogP contribution >= 0.6 is 11.8 Å². The number of carbonyl (C=O) groups is 1. The highest BCUT2D eigenvalue weighted by molar-refractivity contribution is 7.99. The normalized spacial score (nSPS) is 15.7. The van der Waals surface area contributed by atoms with Crippen LogP contribution in [0.1, 0.15) is 18.4 Å². The minimum Gasteiger partial charge on any atom is -0.497 e. The zero-order valence-electron chi connectivity index (χ0n) is 18.8. The third-order valence-electron chi connectivity index (χ3n) is 5.81. The van der Waals surface area contributed by atoms with E-state index in [1.54, 1.807) is 11.7 Å². The molecule has 0 saturated carbocycles. The van der Waals surface area contributed by atoms with E-state index >= 15 is 0 Å². The summed E-state index contributed by atoms with van der Waals surface area (Å²) in [7, 11) is 1.61. The van der Waals surface area contributed by atoms with Crippen LogP contribution in [0.25, 0.3) is 22.1 Å². The van der Waals surface area contributed by atoms with E-state index in [1.165, 1.54) is 11.8 Å². The summed E-state index contributed by atoms with van der Waals surface area (Å²) in [6.07, 6.45) is 1.80. The molecular weight excluding hydrogens is 454 g/mol. The maximum atomic E-state index is 13.4. The fourth-order valence-corrected chi connectivity index (χ4v) is 4.91. The lowest BCUT2D eigenvalue weighted by Gasteiger charge is -2.15. The number of carbonyl (C=O) groups excluding carboxylic acids is 1. The van der Waals surface area contributed by atoms with Crippen LogP contribution in [0.4, 0.5) is 0 Å². The molecule has 3 heterocycles. The Morgan fingerprint density at radius 1 is 1.26 bits per heavy atom. The van der Waals surface area contributed by atoms with Gasteiger partial charge in [0.1, 0.15) is 16.8 Å². The van der Waals surface area contributed by atoms with Gasteiger partial charge >= 0.3 is 0 Å². The highest BCUT2D eigenvalue weighted by Gasteiger charge is 2.23. The van der Waals surface area contributed by atoms with Crippen LogP contribution in [0, 0.1) is 0 Å². The van der Waals surface area contributed by atoms with Gasteiger partial charge in [0.15, 0.2) is 5.16 Å². The molecule has 1 aliphatic rings. The molecule has 2 aromatic carbocycles. The number of aromatic nitrogens is 2. The summed E-state index contributed by atoms with van der Waals surface area (Å²) in [4.78, 5) is 30.7. The third-order valence-corrected chi connectivity index (χ3v) is 6.79. The third kappa shape index (κ3) is 4.67. The standard InChI is InChI=1S/C25H25N3O5S/c1-31-17-7-4-6-16(12-17)13-26-21(29)15-34-25-27-22-19-9-2-3-10-20(19)33-23(22)24(30)28(25)14-18-8-5-11-32-18/h2-4,6-7,9-10,12,18H,5,8,11,13-15H2,1H3,(H,26,29)/t18-/m0/s1. The number of nitrogens with zero attached hydrogens (tertiary/aromatic N) is 2. The second kappa shape index (κ2) is 9.90. The van der Waals surface area contributed by atoms with Crippen LogP contribution in [-0.2, 0) is 22.6 Å². The molecule has 4 aromatic rings. The number of hydrogen-bond donors (Lipinski definition) is 1. The van der Waals surface area contributed by atoms with E-state index < -0.39 is 0 Å². The van der Waals surface area contributed by atoms with Gasteiger partial charge in [-0.2, -0.15) is 0 Å². The van der Waals surface area contributed by atoms with Crippen molar-refractivity contribution in [2.75, 3.05) is 19.5 Å². The van der Waals surface area contributed by atoms with Crippen molar-refractivity contribution in [1.82, 2.24) is 14.9 Å². The van der Waals surface area contributed by atoms with E-state index in [9.17, 15) is 9.59 Å². The van der Waals surface area contributed by atoms with Gasteiger partial charge < -0.3 is 19.2 Å². The maximum Gasteiger partial charge on any atom is 0.297 e. The second-order valence-electron chi connectivity index (χ2n) is 8.14. The van der Waals surface area contributed by atoms with Gasteiger partial charge in [-0.1, -0.05) is 36.0 Å². The number of rotatable bonds is 8. The molecule has 1 aliphatic heterocycles. The summed E-state index contributed by atoms with van der Waals surface area (Å²) < 4.78 is 18.4. The Balaban J connectivity index is 1.38. The molecule has 176 valence electrons. The molecule has 9 heteroatoms. The SMILES string of the molecule is COc1cccc(CNC(=O)CSc2nc3c(oc4ccccc43)c(=O)n2C[C@@H]2CCCO2)c1. The summed E-state index contributed by atoms with van der Waals surface area (Å²) in [6, 6.07) is 15.0. The quantitative estimate of drug-likeness (QED) is 0.304. The molecule has 0 radical (unpaired) electrons. The highest BCUT2D eigenvalue weighted by Crippen LogP contribution is 2.28. The number of nitrogens with one attached hydrogen (secondary N) is 1. The van der Waals surface area contributed by atoms with Crippen molar-refractivity contribution in [3.05, 3.63) is 64.4 Å². The lowest BCUT2D eigenvalue weighted by molar-refractivity contribution is -0.118. The number of methoxy groups -OCH3 is 1. The van der Waals surface area contributed by atoms with Crippen molar-refractivity contribution in [2.24, 2.45) is 0 Å². The average molecular weight is 480 g/mol. The first kappa shape index (κ1) is 22.5. The van der Waals surface area contributed by atoms with Gasteiger partial charge in [-0.3, -0.25) is 14.2 Å². The Morgan fingerprint density at radius 2 is 2.15 bits per heavy atom. The molecule has 0 bridgehead atoms. The predicted octanol–water partition coefficient (Wildman–Crippen LogP) is 3.74. The van der Waals surface area contributed by atoms with Gasteiger partial charge in [-0.05, 0) is 42.7 Å². The van der Waals surface area contributed by atoms with Gasteiger partial charge in [0.05, 0.1) is 25.5 Å². The number of benzene rings is 2. The van der Waals surface area contributed by atoms with E-state index in [0.717, 1.165) is 29.5 Å². The molecule has 0 unspecified atom stereocenters. The number of amides is 1. The van der Waals surface area contributed by atoms with E-state index in [0.29, 0.717) is 36.0 Å². The first-order valence-electron chi connectivity index (χ1n) is 11.2. The number of fused-ring (bicyclic) bond motifs is 3. The molecule has 0 aliphatic carbocycles. The van der Waals surface area contributed by atoms with Gasteiger partial charge in [-0.25, -0.2) is 4.98 Å². The molecule has 2 aromatic heterocycles. The molecule has 1 amide bonds. The topological polar surface area (TPSA) is 95.6 Å². The fraction of sp³-hybridized carbons (Fsp3) is 0.320. The Kier molecular flexibility index (Phi) is 6.55.